The van der Waals surface area contributed by atoms with E-state index in [9.17, 15) is 14.4 Å². The van der Waals surface area contributed by atoms with Gasteiger partial charge in [0.25, 0.3) is 0 Å². The van der Waals surface area contributed by atoms with Crippen LogP contribution in [0.5, 0.6) is 0 Å². The Morgan fingerprint density at radius 2 is 0.557 bits per heavy atom. The van der Waals surface area contributed by atoms with Crippen LogP contribution in [0.2, 0.25) is 0 Å². The molecule has 0 bridgehead atoms. The van der Waals surface area contributed by atoms with E-state index >= 15 is 0 Å². The second-order valence-electron chi connectivity index (χ2n) is 18.5. The van der Waals surface area contributed by atoms with Crippen LogP contribution in [-0.4, -0.2) is 37.2 Å². The normalized spacial score (nSPS) is 13.0. The molecule has 0 aromatic heterocycles. The number of rotatable bonds is 50. The summed E-state index contributed by atoms with van der Waals surface area (Å²) in [6, 6.07) is 0. The summed E-state index contributed by atoms with van der Waals surface area (Å²) < 4.78 is 16.7. The van der Waals surface area contributed by atoms with Gasteiger partial charge >= 0.3 is 17.9 Å². The minimum Gasteiger partial charge on any atom is -0.462 e. The average molecular weight is 970 g/mol. The summed E-state index contributed by atoms with van der Waals surface area (Å²) in [5, 5.41) is 0. The average Bonchev–Trinajstić information content (AvgIpc) is 3.36. The van der Waals surface area contributed by atoms with E-state index in [2.05, 4.69) is 142 Å². The van der Waals surface area contributed by atoms with Gasteiger partial charge in [-0.25, -0.2) is 0 Å². The quantitative estimate of drug-likeness (QED) is 0.0262. The molecule has 0 aliphatic rings. The predicted octanol–water partition coefficient (Wildman–Crippen LogP) is 19.3. The summed E-state index contributed by atoms with van der Waals surface area (Å²) in [6.45, 7) is 6.42. The highest BCUT2D eigenvalue weighted by molar-refractivity contribution is 5.71. The second-order valence-corrected chi connectivity index (χ2v) is 18.5. The van der Waals surface area contributed by atoms with Crippen LogP contribution in [0.1, 0.15) is 245 Å². The van der Waals surface area contributed by atoms with Gasteiger partial charge in [-0.15, -0.1) is 0 Å². The lowest BCUT2D eigenvalue weighted by Gasteiger charge is -2.18. The van der Waals surface area contributed by atoms with Crippen LogP contribution >= 0.6 is 0 Å². The van der Waals surface area contributed by atoms with Crippen molar-refractivity contribution in [1.29, 1.82) is 0 Å². The van der Waals surface area contributed by atoms with Crippen molar-refractivity contribution in [1.82, 2.24) is 0 Å². The number of carbonyl (C=O) groups is 3. The molecule has 0 heterocycles. The van der Waals surface area contributed by atoms with Crippen LogP contribution in [0.25, 0.3) is 0 Å². The van der Waals surface area contributed by atoms with Crippen LogP contribution in [0.3, 0.4) is 0 Å². The molecule has 0 amide bonds. The van der Waals surface area contributed by atoms with Gasteiger partial charge in [0.2, 0.25) is 0 Å². The van der Waals surface area contributed by atoms with Crippen LogP contribution in [0, 0.1) is 0 Å². The van der Waals surface area contributed by atoms with Gasteiger partial charge < -0.3 is 14.2 Å². The van der Waals surface area contributed by atoms with E-state index < -0.39 is 6.10 Å². The lowest BCUT2D eigenvalue weighted by Crippen LogP contribution is -2.30. The smallest absolute Gasteiger partial charge is 0.306 e. The lowest BCUT2D eigenvalue weighted by atomic mass is 10.0. The Labute approximate surface area is 431 Å². The number of ether oxygens (including phenoxy) is 3. The molecule has 0 rings (SSSR count). The van der Waals surface area contributed by atoms with E-state index in [1.165, 1.54) is 83.5 Å². The molecular weight excluding hydrogens is 865 g/mol. The number of hydrogen-bond acceptors (Lipinski definition) is 6. The fourth-order valence-corrected chi connectivity index (χ4v) is 7.47. The van der Waals surface area contributed by atoms with Gasteiger partial charge in [0.05, 0.1) is 0 Å². The molecule has 0 saturated heterocycles. The molecule has 0 spiro atoms. The van der Waals surface area contributed by atoms with E-state index in [4.69, 9.17) is 14.2 Å². The van der Waals surface area contributed by atoms with Crippen molar-refractivity contribution >= 4 is 17.9 Å². The standard InChI is InChI=1S/C64H104O6/c1-4-7-10-13-16-18-20-22-23-24-25-26-27-28-29-30-31-32-33-34-35-36-37-38-39-40-41-43-44-46-48-51-54-57-63(66)69-60-61(59-68-62(65)56-53-50-15-12-9-6-3)70-64(67)58-55-52-49-47-45-42-21-19-17-14-11-8-5-2/h7,10,16,18,22-23,25-26,28-29,31-32,34-35,37-38,40-41,44,46,61H,4-6,8-9,11-15,17,19-21,24,27,30,33,36,39,42-43,45,47-60H2,1-3H3/b10-7-,18-16-,23-22-,26-25-,29-28-,32-31-,35-34-,38-37-,41-40-,46-44-. The summed E-state index contributed by atoms with van der Waals surface area (Å²) >= 11 is 0. The maximum absolute atomic E-state index is 12.7. The molecule has 1 atom stereocenters. The molecule has 1 unspecified atom stereocenters. The predicted molar refractivity (Wildman–Crippen MR) is 302 cm³/mol. The second kappa shape index (κ2) is 57.4. The Kier molecular flexibility index (Phi) is 54.0. The van der Waals surface area contributed by atoms with Gasteiger partial charge in [-0.3, -0.25) is 14.4 Å². The molecule has 0 aliphatic carbocycles. The zero-order chi connectivity index (χ0) is 50.7. The molecule has 0 N–H and O–H groups in total. The molecule has 396 valence electrons. The van der Waals surface area contributed by atoms with Gasteiger partial charge in [0.1, 0.15) is 13.2 Å². The third-order valence-corrected chi connectivity index (χ3v) is 11.7. The monoisotopic (exact) mass is 969 g/mol. The zero-order valence-corrected chi connectivity index (χ0v) is 45.2. The van der Waals surface area contributed by atoms with Gasteiger partial charge in [-0.05, 0) is 96.3 Å². The first kappa shape index (κ1) is 65.8. The fourth-order valence-electron chi connectivity index (χ4n) is 7.47. The van der Waals surface area contributed by atoms with Crippen molar-refractivity contribution in [2.75, 3.05) is 13.2 Å². The van der Waals surface area contributed by atoms with Gasteiger partial charge in [0, 0.05) is 19.3 Å². The van der Waals surface area contributed by atoms with E-state index in [0.717, 1.165) is 122 Å². The van der Waals surface area contributed by atoms with Crippen LogP contribution in [-0.2, 0) is 28.6 Å². The van der Waals surface area contributed by atoms with Crippen molar-refractivity contribution in [3.05, 3.63) is 122 Å². The summed E-state index contributed by atoms with van der Waals surface area (Å²) in [7, 11) is 0. The third kappa shape index (κ3) is 54.7. The van der Waals surface area contributed by atoms with E-state index in [1.54, 1.807) is 0 Å². The third-order valence-electron chi connectivity index (χ3n) is 11.7. The Morgan fingerprint density at radius 1 is 0.300 bits per heavy atom. The lowest BCUT2D eigenvalue weighted by molar-refractivity contribution is -0.167. The van der Waals surface area contributed by atoms with Crippen molar-refractivity contribution in [3.8, 4) is 0 Å². The van der Waals surface area contributed by atoms with Crippen LogP contribution in [0.4, 0.5) is 0 Å². The highest BCUT2D eigenvalue weighted by atomic mass is 16.6. The largest absolute Gasteiger partial charge is 0.462 e. The van der Waals surface area contributed by atoms with E-state index in [-0.39, 0.29) is 31.1 Å². The number of unbranched alkanes of at least 4 members (excludes halogenated alkanes) is 19. The van der Waals surface area contributed by atoms with Crippen molar-refractivity contribution in [2.45, 2.75) is 252 Å². The molecule has 70 heavy (non-hydrogen) atoms. The molecular formula is C64H104O6. The Balaban J connectivity index is 4.20. The molecule has 0 aliphatic heterocycles. The van der Waals surface area contributed by atoms with Crippen LogP contribution < -0.4 is 0 Å². The fraction of sp³-hybridized carbons (Fsp3) is 0.641. The SMILES string of the molecule is CC/C=C\C/C=C\C/C=C\C/C=C\C/C=C\C/C=C\C/C=C\C/C=C\C/C=C\C/C=C\CCCCC(=O)OCC(COC(=O)CCCCCCCC)OC(=O)CCCCCCCCCCCCCCC. The first-order valence-corrected chi connectivity index (χ1v) is 28.5. The molecule has 0 aromatic carbocycles. The minimum absolute atomic E-state index is 0.0918. The highest BCUT2D eigenvalue weighted by Gasteiger charge is 2.19. The van der Waals surface area contributed by atoms with E-state index in [1.807, 2.05) is 0 Å². The van der Waals surface area contributed by atoms with Crippen molar-refractivity contribution in [3.63, 3.8) is 0 Å². The van der Waals surface area contributed by atoms with Crippen molar-refractivity contribution in [2.24, 2.45) is 0 Å². The first-order valence-electron chi connectivity index (χ1n) is 28.5. The Hall–Kier alpha value is -4.19. The molecule has 0 fully saturated rings. The van der Waals surface area contributed by atoms with Crippen molar-refractivity contribution < 1.29 is 28.6 Å². The van der Waals surface area contributed by atoms with Crippen LogP contribution in [0.15, 0.2) is 122 Å². The molecule has 0 saturated carbocycles. The maximum atomic E-state index is 12.7. The summed E-state index contributed by atoms with van der Waals surface area (Å²) in [5.74, 6) is -0.950. The number of allylic oxidation sites excluding steroid dienone is 20. The first-order chi connectivity index (χ1) is 34.5. The Morgan fingerprint density at radius 3 is 0.871 bits per heavy atom. The molecule has 6 nitrogen and oxygen atoms in total. The topological polar surface area (TPSA) is 78.9 Å². The van der Waals surface area contributed by atoms with Gasteiger partial charge in [-0.1, -0.05) is 251 Å². The van der Waals surface area contributed by atoms with Gasteiger partial charge in [0.15, 0.2) is 6.10 Å². The number of esters is 3. The highest BCUT2D eigenvalue weighted by Crippen LogP contribution is 2.14. The molecule has 0 radical (unpaired) electrons. The molecule has 6 heteroatoms. The summed E-state index contributed by atoms with van der Waals surface area (Å²) in [4.78, 5) is 37.8. The Bertz CT molecular complexity index is 1490. The van der Waals surface area contributed by atoms with E-state index in [0.29, 0.717) is 19.3 Å². The summed E-state index contributed by atoms with van der Waals surface area (Å²) in [5.41, 5.74) is 0. The maximum Gasteiger partial charge on any atom is 0.306 e. The number of carbonyl (C=O) groups excluding carboxylic acids is 3. The minimum atomic E-state index is -0.792. The zero-order valence-electron chi connectivity index (χ0n) is 45.2. The molecule has 0 aromatic rings. The summed E-state index contributed by atoms with van der Waals surface area (Å²) in [6.07, 6.45) is 79.4. The number of hydrogen-bond donors (Lipinski definition) is 0. The van der Waals surface area contributed by atoms with Gasteiger partial charge in [-0.2, -0.15) is 0 Å².